The third kappa shape index (κ3) is 1.35. The first-order chi connectivity index (χ1) is 6.29. The quantitative estimate of drug-likeness (QED) is 0.635. The van der Waals surface area contributed by atoms with Crippen molar-refractivity contribution in [2.45, 2.75) is 13.8 Å². The fraction of sp³-hybridized carbons (Fsp3) is 0.182. The highest BCUT2D eigenvalue weighted by Gasteiger charge is 2.08. The van der Waals surface area contributed by atoms with Crippen molar-refractivity contribution in [1.82, 2.24) is 4.98 Å². The molecule has 0 saturated carbocycles. The third-order valence-electron chi connectivity index (χ3n) is 2.24. The molecule has 0 radical (unpaired) electrons. The molecular formula is C11H13N2+. The van der Waals surface area contributed by atoms with Gasteiger partial charge in [-0.1, -0.05) is 18.2 Å². The van der Waals surface area contributed by atoms with E-state index in [1.807, 2.05) is 18.7 Å². The lowest BCUT2D eigenvalue weighted by Crippen LogP contribution is -2.29. The van der Waals surface area contributed by atoms with Gasteiger partial charge in [0.15, 0.2) is 0 Å². The van der Waals surface area contributed by atoms with E-state index >= 15 is 0 Å². The van der Waals surface area contributed by atoms with Crippen LogP contribution in [0.15, 0.2) is 36.9 Å². The van der Waals surface area contributed by atoms with E-state index in [0.717, 1.165) is 0 Å². The van der Waals surface area contributed by atoms with E-state index in [4.69, 9.17) is 0 Å². The minimum absolute atomic E-state index is 1.27. The molecule has 0 aliphatic rings. The van der Waals surface area contributed by atoms with Gasteiger partial charge >= 0.3 is 0 Å². The van der Waals surface area contributed by atoms with Crippen LogP contribution in [0.1, 0.15) is 11.1 Å². The maximum absolute atomic E-state index is 3.05. The number of benzene rings is 1. The molecule has 66 valence electrons. The van der Waals surface area contributed by atoms with Gasteiger partial charge in [-0.05, 0) is 25.0 Å². The number of para-hydroxylation sites is 1. The second-order valence-electron chi connectivity index (χ2n) is 3.26. The van der Waals surface area contributed by atoms with Gasteiger partial charge in [-0.15, -0.1) is 0 Å². The first-order valence-electron chi connectivity index (χ1n) is 4.39. The van der Waals surface area contributed by atoms with Crippen molar-refractivity contribution in [1.29, 1.82) is 0 Å². The highest BCUT2D eigenvalue weighted by molar-refractivity contribution is 5.39. The number of nitrogens with zero attached hydrogens (tertiary/aromatic N) is 1. The Morgan fingerprint density at radius 3 is 2.38 bits per heavy atom. The minimum Gasteiger partial charge on any atom is -0.250 e. The zero-order valence-electron chi connectivity index (χ0n) is 7.91. The Labute approximate surface area is 77.9 Å². The molecule has 0 bridgehead atoms. The Hall–Kier alpha value is -1.57. The van der Waals surface area contributed by atoms with Crippen molar-refractivity contribution < 1.29 is 4.57 Å². The summed E-state index contributed by atoms with van der Waals surface area (Å²) in [6.45, 7) is 4.25. The molecule has 2 rings (SSSR count). The van der Waals surface area contributed by atoms with Crippen molar-refractivity contribution in [3.63, 3.8) is 0 Å². The highest BCUT2D eigenvalue weighted by Crippen LogP contribution is 2.11. The summed E-state index contributed by atoms with van der Waals surface area (Å²) in [6, 6.07) is 6.34. The molecule has 0 aliphatic heterocycles. The second kappa shape index (κ2) is 3.05. The van der Waals surface area contributed by atoms with Crippen LogP contribution in [0, 0.1) is 13.8 Å². The molecule has 1 N–H and O–H groups in total. The number of hydrogen-bond donors (Lipinski definition) is 1. The fourth-order valence-electron chi connectivity index (χ4n) is 1.64. The maximum atomic E-state index is 3.05. The summed E-state index contributed by atoms with van der Waals surface area (Å²) < 4.78 is 2.10. The second-order valence-corrected chi connectivity index (χ2v) is 3.26. The van der Waals surface area contributed by atoms with Crippen LogP contribution in [0.2, 0.25) is 0 Å². The van der Waals surface area contributed by atoms with Gasteiger partial charge < -0.3 is 0 Å². The highest BCUT2D eigenvalue weighted by atomic mass is 15.0. The number of H-pyrrole nitrogens is 1. The number of hydrogen-bond acceptors (Lipinski definition) is 0. The Balaban J connectivity index is 2.64. The number of nitrogens with one attached hydrogen (secondary N) is 1. The largest absolute Gasteiger partial charge is 0.250 e. The lowest BCUT2D eigenvalue weighted by Gasteiger charge is -2.03. The lowest BCUT2D eigenvalue weighted by atomic mass is 10.1. The van der Waals surface area contributed by atoms with Crippen LogP contribution in [0.3, 0.4) is 0 Å². The average molecular weight is 173 g/mol. The first kappa shape index (κ1) is 8.05. The molecule has 0 amide bonds. The van der Waals surface area contributed by atoms with Crippen molar-refractivity contribution in [3.05, 3.63) is 48.0 Å². The van der Waals surface area contributed by atoms with E-state index < -0.39 is 0 Å². The SMILES string of the molecule is Cc1cccc(C)c1-[n+]1cc[nH]c1. The fourth-order valence-corrected chi connectivity index (χ4v) is 1.64. The average Bonchev–Trinajstić information content (AvgIpc) is 2.57. The van der Waals surface area contributed by atoms with Crippen LogP contribution in [0.5, 0.6) is 0 Å². The van der Waals surface area contributed by atoms with E-state index in [9.17, 15) is 0 Å². The van der Waals surface area contributed by atoms with Crippen LogP contribution in [-0.4, -0.2) is 4.98 Å². The predicted molar refractivity (Wildman–Crippen MR) is 51.8 cm³/mol. The molecule has 0 atom stereocenters. The van der Waals surface area contributed by atoms with Crippen molar-refractivity contribution in [3.8, 4) is 5.69 Å². The van der Waals surface area contributed by atoms with E-state index in [1.54, 1.807) is 0 Å². The third-order valence-corrected chi connectivity index (χ3v) is 2.24. The summed E-state index contributed by atoms with van der Waals surface area (Å²) in [5.41, 5.74) is 3.86. The lowest BCUT2D eigenvalue weighted by molar-refractivity contribution is -0.595. The summed E-state index contributed by atoms with van der Waals surface area (Å²) in [5.74, 6) is 0. The molecule has 2 nitrogen and oxygen atoms in total. The van der Waals surface area contributed by atoms with Gasteiger partial charge in [0, 0.05) is 0 Å². The zero-order chi connectivity index (χ0) is 9.26. The maximum Gasteiger partial charge on any atom is 0.246 e. The van der Waals surface area contributed by atoms with Gasteiger partial charge in [-0.2, -0.15) is 0 Å². The van der Waals surface area contributed by atoms with Gasteiger partial charge in [-0.25, -0.2) is 9.55 Å². The van der Waals surface area contributed by atoms with Crippen LogP contribution < -0.4 is 4.57 Å². The molecule has 0 aliphatic carbocycles. The number of rotatable bonds is 1. The smallest absolute Gasteiger partial charge is 0.246 e. The molecule has 2 aromatic rings. The Kier molecular flexibility index (Phi) is 1.89. The van der Waals surface area contributed by atoms with Crippen molar-refractivity contribution in [2.75, 3.05) is 0 Å². The van der Waals surface area contributed by atoms with Gasteiger partial charge in [0.2, 0.25) is 6.33 Å². The Bertz CT molecular complexity index is 382. The Morgan fingerprint density at radius 2 is 1.85 bits per heavy atom. The predicted octanol–water partition coefficient (Wildman–Crippen LogP) is 1.91. The normalized spacial score (nSPS) is 10.3. The van der Waals surface area contributed by atoms with E-state index in [1.165, 1.54) is 16.8 Å². The van der Waals surface area contributed by atoms with E-state index in [-0.39, 0.29) is 0 Å². The number of aromatic nitrogens is 2. The molecule has 13 heavy (non-hydrogen) atoms. The van der Waals surface area contributed by atoms with Gasteiger partial charge in [0.25, 0.3) is 0 Å². The number of aromatic amines is 1. The standard InChI is InChI=1S/C11H12N2/c1-9-4-3-5-10(2)11(9)13-7-6-12-8-13/h3-8H,1-2H3/p+1. The molecule has 1 aromatic heterocycles. The molecule has 2 heteroatoms. The summed E-state index contributed by atoms with van der Waals surface area (Å²) in [6.07, 6.45) is 5.90. The topological polar surface area (TPSA) is 19.7 Å². The van der Waals surface area contributed by atoms with Crippen LogP contribution in [0.4, 0.5) is 0 Å². The van der Waals surface area contributed by atoms with Gasteiger partial charge in [0.1, 0.15) is 18.1 Å². The summed E-state index contributed by atoms with van der Waals surface area (Å²) >= 11 is 0. The Morgan fingerprint density at radius 1 is 1.15 bits per heavy atom. The number of aryl methyl sites for hydroxylation is 2. The minimum atomic E-state index is 1.27. The molecule has 0 saturated heterocycles. The van der Waals surface area contributed by atoms with Crippen LogP contribution in [0.25, 0.3) is 5.69 Å². The molecule has 1 aromatic carbocycles. The van der Waals surface area contributed by atoms with Gasteiger partial charge in [-0.3, -0.25) is 0 Å². The monoisotopic (exact) mass is 173 g/mol. The molecule has 1 heterocycles. The van der Waals surface area contributed by atoms with Crippen molar-refractivity contribution in [2.24, 2.45) is 0 Å². The van der Waals surface area contributed by atoms with Gasteiger partial charge in [0.05, 0.1) is 0 Å². The number of imidazole rings is 1. The molecule has 0 fully saturated rings. The zero-order valence-corrected chi connectivity index (χ0v) is 7.91. The van der Waals surface area contributed by atoms with E-state index in [2.05, 4.69) is 41.6 Å². The summed E-state index contributed by atoms with van der Waals surface area (Å²) in [5, 5.41) is 0. The molecular weight excluding hydrogens is 160 g/mol. The molecule has 0 spiro atoms. The van der Waals surface area contributed by atoms with E-state index in [0.29, 0.717) is 0 Å². The molecule has 0 unspecified atom stereocenters. The first-order valence-corrected chi connectivity index (χ1v) is 4.39. The van der Waals surface area contributed by atoms with Crippen LogP contribution in [-0.2, 0) is 0 Å². The summed E-state index contributed by atoms with van der Waals surface area (Å²) in [4.78, 5) is 3.05. The summed E-state index contributed by atoms with van der Waals surface area (Å²) in [7, 11) is 0. The van der Waals surface area contributed by atoms with Crippen molar-refractivity contribution >= 4 is 0 Å². The van der Waals surface area contributed by atoms with Crippen LogP contribution >= 0.6 is 0 Å².